The van der Waals surface area contributed by atoms with Crippen LogP contribution in [-0.2, 0) is 10.2 Å². The second-order valence-electron chi connectivity index (χ2n) is 6.83. The van der Waals surface area contributed by atoms with Gasteiger partial charge in [-0.05, 0) is 61.9 Å². The van der Waals surface area contributed by atoms with Gasteiger partial charge in [0.2, 0.25) is 5.91 Å². The first-order chi connectivity index (χ1) is 10.0. The Bertz CT molecular complexity index is 520. The quantitative estimate of drug-likeness (QED) is 0.881. The minimum absolute atomic E-state index is 0. The highest BCUT2D eigenvalue weighted by Gasteiger charge is 2.51. The van der Waals surface area contributed by atoms with Crippen molar-refractivity contribution in [2.24, 2.45) is 5.41 Å². The highest BCUT2D eigenvalue weighted by Crippen LogP contribution is 2.48. The molecule has 0 aromatic heterocycles. The molecule has 122 valence electrons. The van der Waals surface area contributed by atoms with Gasteiger partial charge in [0.1, 0.15) is 0 Å². The standard InChI is InChI=1S/C17H23ClN2O.ClH/c1-16(8-10-19-11-9-16)12-20-15(21)17(6-7-17)13-2-4-14(18)5-3-13;/h2-5,19H,6-12H2,1H3,(H,20,21);1H. The van der Waals surface area contributed by atoms with Crippen LogP contribution >= 0.6 is 24.0 Å². The summed E-state index contributed by atoms with van der Waals surface area (Å²) in [7, 11) is 0. The molecule has 1 saturated carbocycles. The fourth-order valence-corrected chi connectivity index (χ4v) is 3.34. The summed E-state index contributed by atoms with van der Waals surface area (Å²) in [5.74, 6) is 0.185. The van der Waals surface area contributed by atoms with Gasteiger partial charge in [-0.3, -0.25) is 4.79 Å². The Balaban J connectivity index is 0.00000176. The van der Waals surface area contributed by atoms with E-state index >= 15 is 0 Å². The van der Waals surface area contributed by atoms with Crippen molar-refractivity contribution in [1.82, 2.24) is 10.6 Å². The van der Waals surface area contributed by atoms with E-state index in [-0.39, 0.29) is 29.1 Å². The molecule has 2 aliphatic rings. The number of halogens is 2. The van der Waals surface area contributed by atoms with Crippen LogP contribution in [0.4, 0.5) is 0 Å². The van der Waals surface area contributed by atoms with Crippen LogP contribution in [0.25, 0.3) is 0 Å². The molecule has 1 heterocycles. The fourth-order valence-electron chi connectivity index (χ4n) is 3.21. The summed E-state index contributed by atoms with van der Waals surface area (Å²) in [6.07, 6.45) is 4.14. The van der Waals surface area contributed by atoms with E-state index in [0.29, 0.717) is 0 Å². The van der Waals surface area contributed by atoms with Gasteiger partial charge in [-0.1, -0.05) is 30.7 Å². The Labute approximate surface area is 143 Å². The van der Waals surface area contributed by atoms with Gasteiger partial charge in [-0.25, -0.2) is 0 Å². The molecule has 3 nitrogen and oxygen atoms in total. The molecule has 2 N–H and O–H groups in total. The molecular formula is C17H24Cl2N2O. The zero-order valence-corrected chi connectivity index (χ0v) is 14.5. The monoisotopic (exact) mass is 342 g/mol. The third kappa shape index (κ3) is 3.58. The molecule has 0 radical (unpaired) electrons. The van der Waals surface area contributed by atoms with Gasteiger partial charge in [-0.2, -0.15) is 0 Å². The summed E-state index contributed by atoms with van der Waals surface area (Å²) in [4.78, 5) is 12.6. The van der Waals surface area contributed by atoms with Crippen molar-refractivity contribution in [3.8, 4) is 0 Å². The lowest BCUT2D eigenvalue weighted by Crippen LogP contribution is -2.45. The topological polar surface area (TPSA) is 41.1 Å². The molecule has 1 amide bonds. The summed E-state index contributed by atoms with van der Waals surface area (Å²) in [6.45, 7) is 5.15. The smallest absolute Gasteiger partial charge is 0.230 e. The van der Waals surface area contributed by atoms with Crippen molar-refractivity contribution in [3.05, 3.63) is 34.9 Å². The molecule has 0 spiro atoms. The number of nitrogens with one attached hydrogen (secondary N) is 2. The fraction of sp³-hybridized carbons (Fsp3) is 0.588. The lowest BCUT2D eigenvalue weighted by Gasteiger charge is -2.34. The molecule has 1 aromatic carbocycles. The zero-order valence-electron chi connectivity index (χ0n) is 13.0. The predicted octanol–water partition coefficient (Wildman–Crippen LogP) is 3.30. The molecule has 22 heavy (non-hydrogen) atoms. The number of hydrogen-bond acceptors (Lipinski definition) is 2. The van der Waals surface area contributed by atoms with Gasteiger partial charge in [0.15, 0.2) is 0 Å². The number of carbonyl (C=O) groups is 1. The first-order valence-corrected chi connectivity index (χ1v) is 8.17. The Morgan fingerprint density at radius 2 is 1.77 bits per heavy atom. The van der Waals surface area contributed by atoms with Crippen molar-refractivity contribution in [1.29, 1.82) is 0 Å². The number of hydrogen-bond donors (Lipinski definition) is 2. The van der Waals surface area contributed by atoms with E-state index < -0.39 is 0 Å². The molecule has 5 heteroatoms. The van der Waals surface area contributed by atoms with Crippen LogP contribution in [0, 0.1) is 5.41 Å². The number of rotatable bonds is 4. The van der Waals surface area contributed by atoms with Gasteiger partial charge in [0.25, 0.3) is 0 Å². The van der Waals surface area contributed by atoms with Gasteiger partial charge < -0.3 is 10.6 Å². The lowest BCUT2D eigenvalue weighted by atomic mass is 9.81. The molecule has 1 aliphatic heterocycles. The highest BCUT2D eigenvalue weighted by molar-refractivity contribution is 6.30. The minimum Gasteiger partial charge on any atom is -0.355 e. The molecular weight excluding hydrogens is 319 g/mol. The Morgan fingerprint density at radius 1 is 1.18 bits per heavy atom. The van der Waals surface area contributed by atoms with Crippen molar-refractivity contribution in [2.75, 3.05) is 19.6 Å². The lowest BCUT2D eigenvalue weighted by molar-refractivity contribution is -0.124. The summed E-state index contributed by atoms with van der Waals surface area (Å²) in [5.41, 5.74) is 1.03. The normalized spacial score (nSPS) is 21.5. The minimum atomic E-state index is -0.298. The first-order valence-electron chi connectivity index (χ1n) is 7.79. The average Bonchev–Trinajstić information content (AvgIpc) is 3.28. The van der Waals surface area contributed by atoms with Gasteiger partial charge in [0.05, 0.1) is 5.41 Å². The van der Waals surface area contributed by atoms with E-state index in [0.717, 1.165) is 55.9 Å². The first kappa shape index (κ1) is 17.6. The molecule has 2 fully saturated rings. The number of carbonyl (C=O) groups excluding carboxylic acids is 1. The van der Waals surface area contributed by atoms with Crippen molar-refractivity contribution >= 4 is 29.9 Å². The number of amides is 1. The molecule has 1 aromatic rings. The third-order valence-corrected chi connectivity index (χ3v) is 5.32. The van der Waals surface area contributed by atoms with E-state index in [1.54, 1.807) is 0 Å². The molecule has 0 bridgehead atoms. The summed E-state index contributed by atoms with van der Waals surface area (Å²) >= 11 is 5.94. The van der Waals surface area contributed by atoms with E-state index in [1.165, 1.54) is 0 Å². The van der Waals surface area contributed by atoms with Crippen LogP contribution in [0.3, 0.4) is 0 Å². The van der Waals surface area contributed by atoms with Crippen LogP contribution in [0.5, 0.6) is 0 Å². The molecule has 1 aliphatic carbocycles. The van der Waals surface area contributed by atoms with Gasteiger partial charge in [-0.15, -0.1) is 12.4 Å². The van der Waals surface area contributed by atoms with E-state index in [4.69, 9.17) is 11.6 Å². The largest absolute Gasteiger partial charge is 0.355 e. The van der Waals surface area contributed by atoms with Crippen molar-refractivity contribution in [2.45, 2.75) is 38.0 Å². The molecule has 0 atom stereocenters. The predicted molar refractivity (Wildman–Crippen MR) is 92.8 cm³/mol. The summed E-state index contributed by atoms with van der Waals surface area (Å²) in [6, 6.07) is 7.72. The third-order valence-electron chi connectivity index (χ3n) is 5.07. The van der Waals surface area contributed by atoms with Crippen molar-refractivity contribution in [3.63, 3.8) is 0 Å². The summed E-state index contributed by atoms with van der Waals surface area (Å²) < 4.78 is 0. The maximum absolute atomic E-state index is 12.6. The Morgan fingerprint density at radius 3 is 2.32 bits per heavy atom. The molecule has 0 unspecified atom stereocenters. The number of piperidine rings is 1. The second-order valence-corrected chi connectivity index (χ2v) is 7.27. The zero-order chi connectivity index (χ0) is 14.9. The molecule has 1 saturated heterocycles. The maximum atomic E-state index is 12.6. The Kier molecular flexibility index (Phi) is 5.41. The number of benzene rings is 1. The van der Waals surface area contributed by atoms with Crippen LogP contribution in [0.15, 0.2) is 24.3 Å². The Hall–Kier alpha value is -0.770. The van der Waals surface area contributed by atoms with E-state index in [1.807, 2.05) is 24.3 Å². The SMILES string of the molecule is CC1(CNC(=O)C2(c3ccc(Cl)cc3)CC2)CCNCC1.Cl. The average molecular weight is 343 g/mol. The summed E-state index contributed by atoms with van der Waals surface area (Å²) in [5, 5.41) is 7.30. The maximum Gasteiger partial charge on any atom is 0.230 e. The van der Waals surface area contributed by atoms with Crippen LogP contribution in [0.2, 0.25) is 5.02 Å². The van der Waals surface area contributed by atoms with E-state index in [2.05, 4.69) is 17.6 Å². The molecule has 3 rings (SSSR count). The van der Waals surface area contributed by atoms with Crippen LogP contribution in [-0.4, -0.2) is 25.5 Å². The van der Waals surface area contributed by atoms with Crippen molar-refractivity contribution < 1.29 is 4.79 Å². The van der Waals surface area contributed by atoms with Gasteiger partial charge in [0, 0.05) is 11.6 Å². The second kappa shape index (κ2) is 6.77. The van der Waals surface area contributed by atoms with Crippen LogP contribution < -0.4 is 10.6 Å². The van der Waals surface area contributed by atoms with Gasteiger partial charge >= 0.3 is 0 Å². The van der Waals surface area contributed by atoms with E-state index in [9.17, 15) is 4.79 Å². The highest BCUT2D eigenvalue weighted by atomic mass is 35.5. The van der Waals surface area contributed by atoms with Crippen LogP contribution in [0.1, 0.15) is 38.2 Å².